The van der Waals surface area contributed by atoms with Gasteiger partial charge in [-0.05, 0) is 69.4 Å². The van der Waals surface area contributed by atoms with E-state index in [1.165, 1.54) is 44.2 Å². The highest BCUT2D eigenvalue weighted by Crippen LogP contribution is 2.49. The lowest BCUT2D eigenvalue weighted by Crippen LogP contribution is -2.94. The first-order chi connectivity index (χ1) is 26.2. The molecule has 1 aromatic heterocycles. The SMILES string of the molecule is C1=CC2C=CC(C3N=C(c4ccc(-c5ccc6c(c5)C5c7c(oc8ccccc78)C=CC5C=C6)c5ccccc45)N=C(c4ccccc4)[NH2+]3)=CC2C=C1. The largest absolute Gasteiger partial charge is 0.456 e. The molecular formula is C49H36N3O+. The molecule has 2 N–H and O–H groups in total. The third-order valence-electron chi connectivity index (χ3n) is 11.6. The standard InChI is InChI=1S/C49H35N3O/c1-2-11-33(12-3-1)47-50-48(36-23-18-30-10-4-5-13-34(30)28-36)52-49(51-47)40-26-25-37(38-14-6-7-15-39(38)40)35-22-20-31-19-21-32-24-27-44-46(45(32)42(31)29-35)41-16-8-9-17-43(41)53-44/h1-30,32,34,45,48H,(H,50,51,52)/p+1. The predicted molar refractivity (Wildman–Crippen MR) is 217 cm³/mol. The van der Waals surface area contributed by atoms with Crippen molar-refractivity contribution in [2.75, 3.05) is 0 Å². The molecule has 4 aliphatic carbocycles. The van der Waals surface area contributed by atoms with E-state index in [1.807, 2.05) is 0 Å². The average Bonchev–Trinajstić information content (AvgIpc) is 3.62. The fraction of sp³-hybridized carbons (Fsp3) is 0.102. The predicted octanol–water partition coefficient (Wildman–Crippen LogP) is 10.0. The van der Waals surface area contributed by atoms with Crippen LogP contribution in [0.3, 0.4) is 0 Å². The number of nitrogens with two attached hydrogens (primary N) is 1. The van der Waals surface area contributed by atoms with E-state index in [4.69, 9.17) is 14.4 Å². The van der Waals surface area contributed by atoms with Crippen LogP contribution in [0, 0.1) is 17.8 Å². The summed E-state index contributed by atoms with van der Waals surface area (Å²) in [5.41, 5.74) is 10.6. The van der Waals surface area contributed by atoms with E-state index >= 15 is 0 Å². The monoisotopic (exact) mass is 682 g/mol. The van der Waals surface area contributed by atoms with E-state index in [0.717, 1.165) is 39.5 Å². The molecule has 6 aromatic rings. The van der Waals surface area contributed by atoms with E-state index in [2.05, 4.69) is 181 Å². The number of nitrogens with zero attached hydrogens (tertiary/aromatic N) is 2. The first-order valence-corrected chi connectivity index (χ1v) is 18.6. The second-order valence-electron chi connectivity index (χ2n) is 14.6. The van der Waals surface area contributed by atoms with Gasteiger partial charge in [-0.2, -0.15) is 4.99 Å². The quantitative estimate of drug-likeness (QED) is 0.198. The van der Waals surface area contributed by atoms with Gasteiger partial charge in [0, 0.05) is 45.8 Å². The Balaban J connectivity index is 1.03. The zero-order chi connectivity index (χ0) is 34.9. The van der Waals surface area contributed by atoms with E-state index in [1.54, 1.807) is 0 Å². The summed E-state index contributed by atoms with van der Waals surface area (Å²) in [5.74, 6) is 3.91. The number of aliphatic imine (C=N–C) groups is 2. The van der Waals surface area contributed by atoms with Crippen LogP contribution in [0.25, 0.3) is 45.0 Å². The normalized spacial score (nSPS) is 23.5. The van der Waals surface area contributed by atoms with Gasteiger partial charge in [-0.1, -0.05) is 140 Å². The number of fused-ring (bicyclic) bond motifs is 9. The van der Waals surface area contributed by atoms with Crippen molar-refractivity contribution in [2.24, 2.45) is 27.7 Å². The first-order valence-electron chi connectivity index (χ1n) is 18.6. The summed E-state index contributed by atoms with van der Waals surface area (Å²) in [4.78, 5) is 10.6. The van der Waals surface area contributed by atoms with Gasteiger partial charge in [0.2, 0.25) is 12.0 Å². The lowest BCUT2D eigenvalue weighted by Gasteiger charge is -2.31. The summed E-state index contributed by atoms with van der Waals surface area (Å²) >= 11 is 0. The van der Waals surface area contributed by atoms with Gasteiger partial charge in [-0.3, -0.25) is 5.32 Å². The average molecular weight is 683 g/mol. The highest BCUT2D eigenvalue weighted by molar-refractivity contribution is 6.17. The molecular weight excluding hydrogens is 647 g/mol. The molecule has 0 saturated heterocycles. The van der Waals surface area contributed by atoms with Crippen LogP contribution < -0.4 is 5.32 Å². The molecule has 0 fully saturated rings. The number of amidine groups is 2. The number of furan rings is 1. The molecule has 0 spiro atoms. The van der Waals surface area contributed by atoms with Crippen molar-refractivity contribution in [3.05, 3.63) is 203 Å². The fourth-order valence-electron chi connectivity index (χ4n) is 8.96. The van der Waals surface area contributed by atoms with Crippen LogP contribution in [0.1, 0.15) is 39.5 Å². The van der Waals surface area contributed by atoms with Crippen molar-refractivity contribution in [3.63, 3.8) is 0 Å². The molecule has 0 bridgehead atoms. The van der Waals surface area contributed by atoms with Crippen molar-refractivity contribution in [1.29, 1.82) is 0 Å². The second kappa shape index (κ2) is 12.1. The summed E-state index contributed by atoms with van der Waals surface area (Å²) in [6.07, 6.45) is 24.8. The smallest absolute Gasteiger partial charge is 0.235 e. The molecule has 53 heavy (non-hydrogen) atoms. The molecule has 5 aliphatic rings. The Bertz CT molecular complexity index is 2730. The molecule has 252 valence electrons. The van der Waals surface area contributed by atoms with Gasteiger partial charge in [-0.15, -0.1) is 0 Å². The molecule has 11 rings (SSSR count). The molecule has 5 unspecified atom stereocenters. The number of para-hydroxylation sites is 1. The Hall–Kier alpha value is -6.36. The Morgan fingerprint density at radius 2 is 1.32 bits per heavy atom. The van der Waals surface area contributed by atoms with Gasteiger partial charge in [0.25, 0.3) is 0 Å². The first kappa shape index (κ1) is 30.3. The lowest BCUT2D eigenvalue weighted by molar-refractivity contribution is -0.569. The number of benzene rings is 5. The summed E-state index contributed by atoms with van der Waals surface area (Å²) in [7, 11) is 0. The molecule has 5 aromatic carbocycles. The topological polar surface area (TPSA) is 54.5 Å². The minimum atomic E-state index is -0.136. The number of hydrogen-bond donors (Lipinski definition) is 1. The molecule has 2 heterocycles. The minimum Gasteiger partial charge on any atom is -0.456 e. The maximum absolute atomic E-state index is 6.36. The van der Waals surface area contributed by atoms with Crippen LogP contribution in [0.15, 0.2) is 184 Å². The highest BCUT2D eigenvalue weighted by atomic mass is 16.3. The molecule has 0 amide bonds. The van der Waals surface area contributed by atoms with Crippen LogP contribution in [0.4, 0.5) is 0 Å². The van der Waals surface area contributed by atoms with Gasteiger partial charge in [0.1, 0.15) is 11.3 Å². The zero-order valence-corrected chi connectivity index (χ0v) is 29.0. The molecule has 4 heteroatoms. The zero-order valence-electron chi connectivity index (χ0n) is 29.0. The van der Waals surface area contributed by atoms with E-state index in [-0.39, 0.29) is 18.0 Å². The van der Waals surface area contributed by atoms with Crippen LogP contribution in [-0.2, 0) is 0 Å². The molecule has 4 nitrogen and oxygen atoms in total. The van der Waals surface area contributed by atoms with Crippen LogP contribution >= 0.6 is 0 Å². The Labute approximate surface area is 308 Å². The summed E-state index contributed by atoms with van der Waals surface area (Å²) in [5, 5.41) is 5.76. The molecule has 1 aliphatic heterocycles. The number of allylic oxidation sites excluding steroid dienone is 8. The summed E-state index contributed by atoms with van der Waals surface area (Å²) in [6.45, 7) is 0. The van der Waals surface area contributed by atoms with E-state index in [9.17, 15) is 0 Å². The van der Waals surface area contributed by atoms with Crippen molar-refractivity contribution in [1.82, 2.24) is 0 Å². The van der Waals surface area contributed by atoms with Crippen LogP contribution in [-0.4, -0.2) is 17.8 Å². The number of hydrogen-bond acceptors (Lipinski definition) is 3. The maximum Gasteiger partial charge on any atom is 0.235 e. The van der Waals surface area contributed by atoms with Crippen LogP contribution in [0.5, 0.6) is 0 Å². The van der Waals surface area contributed by atoms with Gasteiger partial charge >= 0.3 is 0 Å². The van der Waals surface area contributed by atoms with Gasteiger partial charge < -0.3 is 4.42 Å². The highest BCUT2D eigenvalue weighted by Gasteiger charge is 2.35. The van der Waals surface area contributed by atoms with Gasteiger partial charge in [-0.25, -0.2) is 4.99 Å². The molecule has 0 saturated carbocycles. The third kappa shape index (κ3) is 5.02. The van der Waals surface area contributed by atoms with Crippen molar-refractivity contribution >= 4 is 45.6 Å². The van der Waals surface area contributed by atoms with Gasteiger partial charge in [0.05, 0.1) is 5.56 Å². The Morgan fingerprint density at radius 3 is 2.21 bits per heavy atom. The molecule has 0 radical (unpaired) electrons. The second-order valence-corrected chi connectivity index (χ2v) is 14.6. The number of quaternary nitrogens is 1. The minimum absolute atomic E-state index is 0.136. The van der Waals surface area contributed by atoms with Crippen molar-refractivity contribution < 1.29 is 9.73 Å². The van der Waals surface area contributed by atoms with Gasteiger partial charge in [0.15, 0.2) is 5.84 Å². The maximum atomic E-state index is 6.36. The Kier molecular flexibility index (Phi) is 6.92. The summed E-state index contributed by atoms with van der Waals surface area (Å²) < 4.78 is 6.36. The third-order valence-corrected chi connectivity index (χ3v) is 11.6. The number of rotatable bonds is 4. The van der Waals surface area contributed by atoms with Crippen molar-refractivity contribution in [3.8, 4) is 11.1 Å². The molecule has 5 atom stereocenters. The van der Waals surface area contributed by atoms with E-state index in [0.29, 0.717) is 11.8 Å². The fourth-order valence-corrected chi connectivity index (χ4v) is 8.96. The Morgan fingerprint density at radius 1 is 0.585 bits per heavy atom. The van der Waals surface area contributed by atoms with Crippen molar-refractivity contribution in [2.45, 2.75) is 12.1 Å². The van der Waals surface area contributed by atoms with Crippen LogP contribution in [0.2, 0.25) is 0 Å². The summed E-state index contributed by atoms with van der Waals surface area (Å²) in [6, 6.07) is 39.1. The lowest BCUT2D eigenvalue weighted by atomic mass is 9.71. The van der Waals surface area contributed by atoms with E-state index < -0.39 is 0 Å².